The van der Waals surface area contributed by atoms with Crippen LogP contribution in [0.1, 0.15) is 18.3 Å². The summed E-state index contributed by atoms with van der Waals surface area (Å²) in [5, 5.41) is 0. The second-order valence-corrected chi connectivity index (χ2v) is 2.29. The van der Waals surface area contributed by atoms with Crippen molar-refractivity contribution < 1.29 is 4.74 Å². The zero-order valence-corrected chi connectivity index (χ0v) is 6.87. The molecule has 0 fully saturated rings. The van der Waals surface area contributed by atoms with Crippen LogP contribution in [0.2, 0.25) is 0 Å². The highest BCUT2D eigenvalue weighted by molar-refractivity contribution is 5.00. The van der Waals surface area contributed by atoms with Crippen LogP contribution >= 0.6 is 0 Å². The van der Waals surface area contributed by atoms with Crippen molar-refractivity contribution in [3.05, 3.63) is 23.8 Å². The van der Waals surface area contributed by atoms with E-state index in [1.54, 1.807) is 19.5 Å². The van der Waals surface area contributed by atoms with Gasteiger partial charge in [-0.05, 0) is 6.42 Å². The number of hydrogen-bond donors (Lipinski definition) is 0. The Kier molecular flexibility index (Phi) is 2.98. The number of hydrogen-bond acceptors (Lipinski definition) is 3. The summed E-state index contributed by atoms with van der Waals surface area (Å²) in [4.78, 5) is 8.33. The van der Waals surface area contributed by atoms with Gasteiger partial charge in [0.05, 0.1) is 24.2 Å². The van der Waals surface area contributed by atoms with E-state index in [2.05, 4.69) is 16.9 Å². The van der Waals surface area contributed by atoms with Gasteiger partial charge < -0.3 is 4.74 Å². The van der Waals surface area contributed by atoms with Crippen LogP contribution in [0, 0.1) is 0 Å². The first kappa shape index (κ1) is 8.14. The molecular weight excluding hydrogens is 140 g/mol. The van der Waals surface area contributed by atoms with Gasteiger partial charge in [0.15, 0.2) is 0 Å². The Balaban J connectivity index is 2.66. The third kappa shape index (κ3) is 2.27. The molecule has 0 saturated heterocycles. The van der Waals surface area contributed by atoms with Crippen LogP contribution in [0.3, 0.4) is 0 Å². The molecule has 0 saturated carbocycles. The maximum absolute atomic E-state index is 4.90. The van der Waals surface area contributed by atoms with Crippen LogP contribution in [0.15, 0.2) is 12.4 Å². The molecule has 0 spiro atoms. The Morgan fingerprint density at radius 2 is 1.91 bits per heavy atom. The fourth-order valence-corrected chi connectivity index (χ4v) is 0.787. The lowest BCUT2D eigenvalue weighted by molar-refractivity contribution is 0.181. The van der Waals surface area contributed by atoms with E-state index < -0.39 is 0 Å². The molecule has 3 heteroatoms. The highest BCUT2D eigenvalue weighted by Crippen LogP contribution is 1.96. The first-order valence-electron chi connectivity index (χ1n) is 3.65. The number of ether oxygens (including phenoxy) is 1. The van der Waals surface area contributed by atoms with Crippen LogP contribution in [-0.4, -0.2) is 17.1 Å². The molecule has 0 radical (unpaired) electrons. The van der Waals surface area contributed by atoms with E-state index in [1.165, 1.54) is 0 Å². The van der Waals surface area contributed by atoms with Crippen molar-refractivity contribution in [2.75, 3.05) is 7.11 Å². The molecule has 0 amide bonds. The lowest BCUT2D eigenvalue weighted by atomic mass is 10.3. The fourth-order valence-electron chi connectivity index (χ4n) is 0.787. The molecule has 0 aliphatic carbocycles. The van der Waals surface area contributed by atoms with E-state index in [1.807, 2.05) is 0 Å². The van der Waals surface area contributed by atoms with Crippen molar-refractivity contribution in [1.29, 1.82) is 0 Å². The highest BCUT2D eigenvalue weighted by atomic mass is 16.5. The average molecular weight is 152 g/mol. The summed E-state index contributed by atoms with van der Waals surface area (Å²) in [5.41, 5.74) is 1.90. The van der Waals surface area contributed by atoms with Gasteiger partial charge in [0.2, 0.25) is 0 Å². The zero-order valence-electron chi connectivity index (χ0n) is 6.87. The quantitative estimate of drug-likeness (QED) is 0.652. The van der Waals surface area contributed by atoms with Crippen molar-refractivity contribution in [1.82, 2.24) is 9.97 Å². The van der Waals surface area contributed by atoms with Gasteiger partial charge in [0, 0.05) is 13.3 Å². The maximum atomic E-state index is 4.90. The number of nitrogens with zero attached hydrogens (tertiary/aromatic N) is 2. The van der Waals surface area contributed by atoms with Gasteiger partial charge in [-0.1, -0.05) is 6.92 Å². The molecule has 1 aromatic heterocycles. The van der Waals surface area contributed by atoms with Crippen molar-refractivity contribution in [3.8, 4) is 0 Å². The minimum atomic E-state index is 0.539. The van der Waals surface area contributed by atoms with Crippen LogP contribution < -0.4 is 0 Å². The van der Waals surface area contributed by atoms with Gasteiger partial charge in [0.1, 0.15) is 0 Å². The molecular formula is C8H12N2O. The van der Waals surface area contributed by atoms with Crippen LogP contribution in [0.25, 0.3) is 0 Å². The van der Waals surface area contributed by atoms with E-state index in [0.717, 1.165) is 17.8 Å². The lowest BCUT2D eigenvalue weighted by Crippen LogP contribution is -1.95. The molecule has 1 aromatic rings. The van der Waals surface area contributed by atoms with E-state index in [4.69, 9.17) is 4.74 Å². The third-order valence-electron chi connectivity index (χ3n) is 1.41. The first-order valence-corrected chi connectivity index (χ1v) is 3.65. The Morgan fingerprint density at radius 1 is 1.27 bits per heavy atom. The average Bonchev–Trinajstić information content (AvgIpc) is 2.07. The lowest BCUT2D eigenvalue weighted by Gasteiger charge is -1.98. The topological polar surface area (TPSA) is 35.0 Å². The summed E-state index contributed by atoms with van der Waals surface area (Å²) < 4.78 is 4.90. The molecule has 1 rings (SSSR count). The molecule has 11 heavy (non-hydrogen) atoms. The second-order valence-electron chi connectivity index (χ2n) is 2.29. The molecule has 0 unspecified atom stereocenters. The normalized spacial score (nSPS) is 10.0. The molecule has 3 nitrogen and oxygen atoms in total. The summed E-state index contributed by atoms with van der Waals surface area (Å²) >= 11 is 0. The number of aryl methyl sites for hydroxylation is 1. The van der Waals surface area contributed by atoms with Crippen LogP contribution in [0.5, 0.6) is 0 Å². The van der Waals surface area contributed by atoms with Gasteiger partial charge in [-0.15, -0.1) is 0 Å². The van der Waals surface area contributed by atoms with E-state index >= 15 is 0 Å². The summed E-state index contributed by atoms with van der Waals surface area (Å²) in [6, 6.07) is 0. The number of rotatable bonds is 3. The molecule has 0 aromatic carbocycles. The van der Waals surface area contributed by atoms with Crippen molar-refractivity contribution in [3.63, 3.8) is 0 Å². The molecule has 0 bridgehead atoms. The molecule has 0 aliphatic rings. The van der Waals surface area contributed by atoms with E-state index in [-0.39, 0.29) is 0 Å². The number of aromatic nitrogens is 2. The van der Waals surface area contributed by atoms with Gasteiger partial charge in [-0.3, -0.25) is 9.97 Å². The van der Waals surface area contributed by atoms with E-state index in [9.17, 15) is 0 Å². The SMILES string of the molecule is CCc1cnc(COC)cn1. The first-order chi connectivity index (χ1) is 5.36. The molecule has 0 atom stereocenters. The molecule has 0 N–H and O–H groups in total. The van der Waals surface area contributed by atoms with Gasteiger partial charge in [-0.2, -0.15) is 0 Å². The van der Waals surface area contributed by atoms with Crippen molar-refractivity contribution in [2.45, 2.75) is 20.0 Å². The molecule has 1 heterocycles. The fraction of sp³-hybridized carbons (Fsp3) is 0.500. The van der Waals surface area contributed by atoms with Crippen LogP contribution in [-0.2, 0) is 17.8 Å². The largest absolute Gasteiger partial charge is 0.378 e. The van der Waals surface area contributed by atoms with Crippen molar-refractivity contribution in [2.24, 2.45) is 0 Å². The van der Waals surface area contributed by atoms with Gasteiger partial charge in [0.25, 0.3) is 0 Å². The summed E-state index contributed by atoms with van der Waals surface area (Å²) in [6.45, 7) is 2.59. The van der Waals surface area contributed by atoms with E-state index in [0.29, 0.717) is 6.61 Å². The van der Waals surface area contributed by atoms with Crippen molar-refractivity contribution >= 4 is 0 Å². The standard InChI is InChI=1S/C8H12N2O/c1-3-7-4-10-8(5-9-7)6-11-2/h4-5H,3,6H2,1-2H3. The minimum Gasteiger partial charge on any atom is -0.378 e. The third-order valence-corrected chi connectivity index (χ3v) is 1.41. The Labute approximate surface area is 66.4 Å². The zero-order chi connectivity index (χ0) is 8.10. The van der Waals surface area contributed by atoms with Gasteiger partial charge in [-0.25, -0.2) is 0 Å². The minimum absolute atomic E-state index is 0.539. The summed E-state index contributed by atoms with van der Waals surface area (Å²) in [7, 11) is 1.65. The van der Waals surface area contributed by atoms with Crippen LogP contribution in [0.4, 0.5) is 0 Å². The number of methoxy groups -OCH3 is 1. The predicted octanol–water partition coefficient (Wildman–Crippen LogP) is 1.19. The molecule has 60 valence electrons. The Hall–Kier alpha value is -0.960. The summed E-state index contributed by atoms with van der Waals surface area (Å²) in [6.07, 6.45) is 4.47. The monoisotopic (exact) mass is 152 g/mol. The molecule has 0 aliphatic heterocycles. The second kappa shape index (κ2) is 4.03. The highest BCUT2D eigenvalue weighted by Gasteiger charge is 1.93. The smallest absolute Gasteiger partial charge is 0.0899 e. The Morgan fingerprint density at radius 3 is 2.36 bits per heavy atom. The summed E-state index contributed by atoms with van der Waals surface area (Å²) in [5.74, 6) is 0. The Bertz CT molecular complexity index is 208. The predicted molar refractivity (Wildman–Crippen MR) is 42.1 cm³/mol. The maximum Gasteiger partial charge on any atom is 0.0899 e. The van der Waals surface area contributed by atoms with Gasteiger partial charge >= 0.3 is 0 Å².